The lowest BCUT2D eigenvalue weighted by atomic mass is 9.99. The van der Waals surface area contributed by atoms with Crippen molar-refractivity contribution < 1.29 is 24.6 Å². The second kappa shape index (κ2) is 7.20. The molecule has 0 radical (unpaired) electrons. The van der Waals surface area contributed by atoms with Crippen molar-refractivity contribution in [2.45, 2.75) is 13.3 Å². The molecular weight excluding hydrogens is 370 g/mol. The van der Waals surface area contributed by atoms with Gasteiger partial charge in [0, 0.05) is 29.9 Å². The van der Waals surface area contributed by atoms with Gasteiger partial charge in [0.25, 0.3) is 0 Å². The Morgan fingerprint density at radius 2 is 2.00 bits per heavy atom. The van der Waals surface area contributed by atoms with Crippen molar-refractivity contribution in [3.8, 4) is 17.0 Å². The molecule has 1 saturated heterocycles. The van der Waals surface area contributed by atoms with Crippen molar-refractivity contribution in [1.82, 2.24) is 15.2 Å². The molecule has 0 bridgehead atoms. The summed E-state index contributed by atoms with van der Waals surface area (Å²) < 4.78 is 0. The van der Waals surface area contributed by atoms with E-state index in [1.807, 2.05) is 0 Å². The zero-order valence-corrected chi connectivity index (χ0v) is 15.2. The molecule has 8 nitrogen and oxygen atoms in total. The van der Waals surface area contributed by atoms with Gasteiger partial charge >= 0.3 is 5.97 Å². The second-order valence-electron chi connectivity index (χ2n) is 6.07. The number of benzene rings is 1. The number of amides is 2. The minimum Gasteiger partial charge on any atom is -0.507 e. The summed E-state index contributed by atoms with van der Waals surface area (Å²) in [5, 5.41) is 21.5. The highest BCUT2D eigenvalue weighted by Crippen LogP contribution is 2.27. The highest BCUT2D eigenvalue weighted by atomic mass is 32.1. The van der Waals surface area contributed by atoms with Crippen LogP contribution in [0, 0.1) is 5.92 Å². The van der Waals surface area contributed by atoms with Crippen LogP contribution in [-0.4, -0.2) is 49.5 Å². The number of aromatic carboxylic acids is 1. The zero-order valence-electron chi connectivity index (χ0n) is 14.4. The second-order valence-corrected chi connectivity index (χ2v) is 6.45. The maximum atomic E-state index is 12.5. The lowest BCUT2D eigenvalue weighted by Crippen LogP contribution is -2.58. The van der Waals surface area contributed by atoms with Crippen LogP contribution in [0.4, 0.5) is 0 Å². The summed E-state index contributed by atoms with van der Waals surface area (Å²) >= 11 is 5.01. The molecule has 0 spiro atoms. The molecule has 2 heterocycles. The van der Waals surface area contributed by atoms with Gasteiger partial charge < -0.3 is 20.5 Å². The Labute approximate surface area is 159 Å². The number of aromatic amines is 1. The molecule has 2 aromatic rings. The van der Waals surface area contributed by atoms with Crippen LogP contribution in [0.25, 0.3) is 11.3 Å². The normalized spacial score (nSPS) is 17.1. The van der Waals surface area contributed by atoms with Crippen molar-refractivity contribution in [1.29, 1.82) is 0 Å². The third-order valence-electron chi connectivity index (χ3n) is 4.38. The van der Waals surface area contributed by atoms with E-state index < -0.39 is 17.8 Å². The van der Waals surface area contributed by atoms with Crippen molar-refractivity contribution in [3.05, 3.63) is 41.6 Å². The smallest absolute Gasteiger partial charge is 0.339 e. The number of hydrogen-bond acceptors (Lipinski definition) is 5. The number of phenols is 1. The molecule has 4 N–H and O–H groups in total. The van der Waals surface area contributed by atoms with E-state index in [4.69, 9.17) is 17.3 Å². The van der Waals surface area contributed by atoms with Gasteiger partial charge in [0.1, 0.15) is 17.2 Å². The van der Waals surface area contributed by atoms with Gasteiger partial charge in [-0.05, 0) is 43.4 Å². The van der Waals surface area contributed by atoms with Gasteiger partial charge in [-0.15, -0.1) is 0 Å². The van der Waals surface area contributed by atoms with E-state index in [2.05, 4.69) is 10.3 Å². The first-order valence-corrected chi connectivity index (χ1v) is 8.63. The standard InChI is InChI=1S/C18H17N3O5S/c1-2-21-16(24)12(15(23)20-18(21)27)8-10-4-6-13(19-10)9-3-5-11(17(25)26)14(22)7-9/h3-7,12,19,22H,2,8H2,1H3,(H,25,26)(H,20,23,27). The summed E-state index contributed by atoms with van der Waals surface area (Å²) in [5.41, 5.74) is 1.68. The quantitative estimate of drug-likeness (QED) is 0.456. The molecule has 1 atom stereocenters. The number of hydrogen-bond donors (Lipinski definition) is 4. The number of H-pyrrole nitrogens is 1. The average molecular weight is 387 g/mol. The molecular formula is C18H17N3O5S. The largest absolute Gasteiger partial charge is 0.507 e. The Hall–Kier alpha value is -3.20. The predicted molar refractivity (Wildman–Crippen MR) is 100 cm³/mol. The Morgan fingerprint density at radius 1 is 1.26 bits per heavy atom. The molecule has 0 saturated carbocycles. The van der Waals surface area contributed by atoms with Crippen molar-refractivity contribution >= 4 is 35.1 Å². The fourth-order valence-electron chi connectivity index (χ4n) is 2.97. The van der Waals surface area contributed by atoms with Gasteiger partial charge in [0.2, 0.25) is 11.8 Å². The first kappa shape index (κ1) is 18.6. The Bertz CT molecular complexity index is 952. The van der Waals surface area contributed by atoms with E-state index in [-0.39, 0.29) is 28.8 Å². The highest BCUT2D eigenvalue weighted by Gasteiger charge is 2.37. The van der Waals surface area contributed by atoms with Crippen LogP contribution < -0.4 is 5.32 Å². The van der Waals surface area contributed by atoms with E-state index in [0.29, 0.717) is 23.5 Å². The molecule has 1 unspecified atom stereocenters. The van der Waals surface area contributed by atoms with Gasteiger partial charge in [0.15, 0.2) is 5.11 Å². The topological polar surface area (TPSA) is 123 Å². The summed E-state index contributed by atoms with van der Waals surface area (Å²) in [6.07, 6.45) is 0.170. The fraction of sp³-hybridized carbons (Fsp3) is 0.222. The molecule has 2 amide bonds. The minimum absolute atomic E-state index is 0.116. The Kier molecular flexibility index (Phi) is 4.95. The lowest BCUT2D eigenvalue weighted by molar-refractivity contribution is -0.141. The zero-order chi connectivity index (χ0) is 19.7. The molecule has 1 aliphatic heterocycles. The number of aromatic nitrogens is 1. The number of rotatable bonds is 5. The maximum absolute atomic E-state index is 12.5. The van der Waals surface area contributed by atoms with Gasteiger partial charge in [-0.1, -0.05) is 6.07 Å². The summed E-state index contributed by atoms with van der Waals surface area (Å²) in [6, 6.07) is 7.69. The molecule has 9 heteroatoms. The van der Waals surface area contributed by atoms with E-state index >= 15 is 0 Å². The van der Waals surface area contributed by atoms with Crippen molar-refractivity contribution in [2.75, 3.05) is 6.54 Å². The van der Waals surface area contributed by atoms with Crippen LogP contribution in [-0.2, 0) is 16.0 Å². The fourth-order valence-corrected chi connectivity index (χ4v) is 3.29. The highest BCUT2D eigenvalue weighted by molar-refractivity contribution is 7.80. The molecule has 1 fully saturated rings. The minimum atomic E-state index is -1.22. The first-order valence-electron chi connectivity index (χ1n) is 8.22. The molecule has 1 aromatic heterocycles. The van der Waals surface area contributed by atoms with E-state index in [0.717, 1.165) is 0 Å². The number of carboxylic acids is 1. The number of nitrogens with one attached hydrogen (secondary N) is 2. The SMILES string of the molecule is CCN1C(=O)C(Cc2ccc(-c3ccc(C(=O)O)c(O)c3)[nH]2)C(=O)NC1=S. The van der Waals surface area contributed by atoms with Crippen LogP contribution in [0.5, 0.6) is 5.75 Å². The molecule has 3 rings (SSSR count). The molecule has 0 aliphatic carbocycles. The third kappa shape index (κ3) is 3.54. The molecule has 27 heavy (non-hydrogen) atoms. The summed E-state index contributed by atoms with van der Waals surface area (Å²) in [5.74, 6) is -3.22. The third-order valence-corrected chi connectivity index (χ3v) is 4.70. The number of carboxylic acid groups (broad SMARTS) is 1. The predicted octanol–water partition coefficient (Wildman–Crippen LogP) is 1.51. The van der Waals surface area contributed by atoms with Crippen LogP contribution in [0.1, 0.15) is 23.0 Å². The van der Waals surface area contributed by atoms with Gasteiger partial charge in [-0.3, -0.25) is 14.5 Å². The van der Waals surface area contributed by atoms with E-state index in [1.54, 1.807) is 25.1 Å². The Morgan fingerprint density at radius 3 is 2.63 bits per heavy atom. The summed E-state index contributed by atoms with van der Waals surface area (Å²) in [6.45, 7) is 2.15. The van der Waals surface area contributed by atoms with Crippen molar-refractivity contribution in [3.63, 3.8) is 0 Å². The maximum Gasteiger partial charge on any atom is 0.339 e. The average Bonchev–Trinajstić information content (AvgIpc) is 3.07. The van der Waals surface area contributed by atoms with Gasteiger partial charge in [0.05, 0.1) is 0 Å². The number of aromatic hydroxyl groups is 1. The number of carbonyl (C=O) groups excluding carboxylic acids is 2. The van der Waals surface area contributed by atoms with Crippen LogP contribution >= 0.6 is 12.2 Å². The monoisotopic (exact) mass is 387 g/mol. The number of thiocarbonyl (C=S) groups is 1. The Balaban J connectivity index is 1.81. The number of carbonyl (C=O) groups is 3. The molecule has 1 aromatic carbocycles. The molecule has 1 aliphatic rings. The van der Waals surface area contributed by atoms with E-state index in [9.17, 15) is 19.5 Å². The van der Waals surface area contributed by atoms with Gasteiger partial charge in [-0.25, -0.2) is 4.79 Å². The summed E-state index contributed by atoms with van der Waals surface area (Å²) in [7, 11) is 0. The lowest BCUT2D eigenvalue weighted by Gasteiger charge is -2.31. The van der Waals surface area contributed by atoms with Crippen LogP contribution in [0.15, 0.2) is 30.3 Å². The van der Waals surface area contributed by atoms with Gasteiger partial charge in [-0.2, -0.15) is 0 Å². The first-order chi connectivity index (χ1) is 12.8. The number of nitrogens with zero attached hydrogens (tertiary/aromatic N) is 1. The van der Waals surface area contributed by atoms with Crippen molar-refractivity contribution in [2.24, 2.45) is 5.92 Å². The summed E-state index contributed by atoms with van der Waals surface area (Å²) in [4.78, 5) is 40.1. The van der Waals surface area contributed by atoms with E-state index in [1.165, 1.54) is 17.0 Å². The van der Waals surface area contributed by atoms with Crippen LogP contribution in [0.2, 0.25) is 0 Å². The molecule has 140 valence electrons. The van der Waals surface area contributed by atoms with Crippen LogP contribution in [0.3, 0.4) is 0 Å².